The molecule has 19 heavy (non-hydrogen) atoms. The Morgan fingerprint density at radius 2 is 2.32 bits per heavy atom. The molecule has 0 aliphatic carbocycles. The van der Waals surface area contributed by atoms with Gasteiger partial charge in [-0.05, 0) is 24.5 Å². The second-order valence-corrected chi connectivity index (χ2v) is 4.29. The predicted octanol–water partition coefficient (Wildman–Crippen LogP) is -1.93. The van der Waals surface area contributed by atoms with Crippen LogP contribution in [0.1, 0.15) is 23.2 Å². The molecule has 0 saturated carbocycles. The number of nitrogens with two attached hydrogens (primary N) is 1. The number of carbonyl (C=O) groups excluding carboxylic acids is 1. The number of hydrogen-bond donors (Lipinski definition) is 3. The van der Waals surface area contributed by atoms with Crippen molar-refractivity contribution in [3.63, 3.8) is 0 Å². The number of aromatic nitrogens is 3. The lowest BCUT2D eigenvalue weighted by Gasteiger charge is -2.04. The number of amides is 1. The van der Waals surface area contributed by atoms with Crippen LogP contribution in [0, 0.1) is 0 Å². The summed E-state index contributed by atoms with van der Waals surface area (Å²) < 4.78 is 1.60. The molecule has 2 aromatic heterocycles. The number of nitrogens with zero attached hydrogens (tertiary/aromatic N) is 3. The highest BCUT2D eigenvalue weighted by atomic mass is 16.2. The van der Waals surface area contributed by atoms with Gasteiger partial charge in [-0.3, -0.25) is 4.79 Å². The van der Waals surface area contributed by atoms with Gasteiger partial charge in [0.05, 0.1) is 5.56 Å². The molecule has 8 heteroatoms. The maximum absolute atomic E-state index is 12.1. The van der Waals surface area contributed by atoms with E-state index >= 15 is 0 Å². The number of nitrogen functional groups attached to an aromatic ring is 1. The second kappa shape index (κ2) is 5.70. The van der Waals surface area contributed by atoms with Crippen LogP contribution in [0.5, 0.6) is 0 Å². The Balaban J connectivity index is 2.22. The molecule has 0 aromatic carbocycles. The normalized spacial score (nSPS) is 10.8. The lowest BCUT2D eigenvalue weighted by Crippen LogP contribution is -2.24. The number of hydrogen-bond acceptors (Lipinski definition) is 5. The van der Waals surface area contributed by atoms with Crippen LogP contribution in [0.15, 0.2) is 12.4 Å². The monoisotopic (exact) mass is 261 g/mol. The van der Waals surface area contributed by atoms with Gasteiger partial charge >= 0.3 is 0 Å². The molecule has 0 unspecified atom stereocenters. The fourth-order valence-corrected chi connectivity index (χ4v) is 1.93. The molecule has 1 amide bonds. The van der Waals surface area contributed by atoms with Crippen molar-refractivity contribution in [1.82, 2.24) is 19.9 Å². The Kier molecular flexibility index (Phi) is 4.01. The summed E-state index contributed by atoms with van der Waals surface area (Å²) in [4.78, 5) is 16.0. The van der Waals surface area contributed by atoms with E-state index in [1.807, 2.05) is 7.85 Å². The molecular formula is C11H16BN5O2. The van der Waals surface area contributed by atoms with Crippen molar-refractivity contribution in [2.24, 2.45) is 0 Å². The Morgan fingerprint density at radius 3 is 3.05 bits per heavy atom. The quantitative estimate of drug-likeness (QED) is 0.429. The van der Waals surface area contributed by atoms with Gasteiger partial charge in [0.15, 0.2) is 13.7 Å². The van der Waals surface area contributed by atoms with Crippen LogP contribution < -0.4 is 16.6 Å². The van der Waals surface area contributed by atoms with Crippen molar-refractivity contribution in [2.75, 3.05) is 18.9 Å². The van der Waals surface area contributed by atoms with Crippen molar-refractivity contribution in [1.29, 1.82) is 0 Å². The molecule has 0 bridgehead atoms. The van der Waals surface area contributed by atoms with E-state index in [-0.39, 0.29) is 18.3 Å². The number of rotatable bonds is 5. The summed E-state index contributed by atoms with van der Waals surface area (Å²) in [5, 5.41) is 15.5. The van der Waals surface area contributed by atoms with Gasteiger partial charge < -0.3 is 16.2 Å². The van der Waals surface area contributed by atoms with Gasteiger partial charge in [-0.25, -0.2) is 9.50 Å². The molecule has 2 heterocycles. The van der Waals surface area contributed by atoms with Crippen molar-refractivity contribution in [3.05, 3.63) is 18.0 Å². The van der Waals surface area contributed by atoms with Crippen molar-refractivity contribution < 1.29 is 9.90 Å². The molecule has 0 spiro atoms. The molecule has 7 nitrogen and oxygen atoms in total. The van der Waals surface area contributed by atoms with Crippen LogP contribution in [-0.4, -0.2) is 46.6 Å². The van der Waals surface area contributed by atoms with Gasteiger partial charge in [0.25, 0.3) is 5.91 Å². The molecule has 0 saturated heterocycles. The van der Waals surface area contributed by atoms with Gasteiger partial charge in [0.1, 0.15) is 11.8 Å². The first-order valence-electron chi connectivity index (χ1n) is 6.13. The Labute approximate surface area is 111 Å². The van der Waals surface area contributed by atoms with Crippen molar-refractivity contribution in [3.8, 4) is 0 Å². The Morgan fingerprint density at radius 1 is 1.53 bits per heavy atom. The molecule has 0 aliphatic heterocycles. The van der Waals surface area contributed by atoms with Gasteiger partial charge in [-0.2, -0.15) is 5.10 Å². The number of aliphatic hydroxyl groups is 1. The lowest BCUT2D eigenvalue weighted by molar-refractivity contribution is 0.0954. The fourth-order valence-electron chi connectivity index (χ4n) is 1.93. The minimum atomic E-state index is -0.204. The zero-order valence-corrected chi connectivity index (χ0v) is 10.8. The highest BCUT2D eigenvalue weighted by molar-refractivity contribution is 6.32. The van der Waals surface area contributed by atoms with Crippen LogP contribution in [0.3, 0.4) is 0 Å². The van der Waals surface area contributed by atoms with Crippen LogP contribution in [0.4, 0.5) is 5.82 Å². The fraction of sp³-hybridized carbons (Fsp3) is 0.364. The number of unbranched alkanes of at least 4 members (excludes halogenated alkanes) is 1. The van der Waals surface area contributed by atoms with E-state index in [2.05, 4.69) is 15.4 Å². The van der Waals surface area contributed by atoms with E-state index in [9.17, 15) is 4.79 Å². The molecule has 0 fully saturated rings. The molecule has 4 N–H and O–H groups in total. The van der Waals surface area contributed by atoms with E-state index in [4.69, 9.17) is 10.8 Å². The largest absolute Gasteiger partial charge is 0.396 e. The summed E-state index contributed by atoms with van der Waals surface area (Å²) >= 11 is 0. The first kappa shape index (κ1) is 13.3. The van der Waals surface area contributed by atoms with E-state index < -0.39 is 0 Å². The summed E-state index contributed by atoms with van der Waals surface area (Å²) in [7, 11) is 1.85. The highest BCUT2D eigenvalue weighted by Crippen LogP contribution is 2.14. The van der Waals surface area contributed by atoms with E-state index in [0.717, 1.165) is 12.0 Å². The van der Waals surface area contributed by atoms with E-state index in [1.54, 1.807) is 10.6 Å². The molecule has 0 atom stereocenters. The summed E-state index contributed by atoms with van der Waals surface area (Å²) in [5.41, 5.74) is 7.62. The summed E-state index contributed by atoms with van der Waals surface area (Å²) in [5.74, 6) is 0.0775. The number of anilines is 1. The minimum Gasteiger partial charge on any atom is -0.396 e. The number of fused-ring (bicyclic) bond motifs is 1. The van der Waals surface area contributed by atoms with Crippen LogP contribution >= 0.6 is 0 Å². The highest BCUT2D eigenvalue weighted by Gasteiger charge is 2.16. The third-order valence-corrected chi connectivity index (χ3v) is 2.88. The van der Waals surface area contributed by atoms with Crippen LogP contribution in [0.25, 0.3) is 5.52 Å². The van der Waals surface area contributed by atoms with Crippen LogP contribution in [-0.2, 0) is 0 Å². The van der Waals surface area contributed by atoms with Crippen molar-refractivity contribution in [2.45, 2.75) is 12.8 Å². The Bertz CT molecular complexity index is 598. The van der Waals surface area contributed by atoms with Gasteiger partial charge in [-0.1, -0.05) is 0 Å². The SMILES string of the molecule is Bc1cc(C(=O)NCCCCO)c2c(N)ncnn12. The average molecular weight is 261 g/mol. The molecule has 2 rings (SSSR count). The van der Waals surface area contributed by atoms with E-state index in [1.165, 1.54) is 6.33 Å². The van der Waals surface area contributed by atoms with Crippen LogP contribution in [0.2, 0.25) is 0 Å². The standard InChI is InChI=1S/C11H16BN5O2/c12-8-5-7(11(19)14-3-1-2-4-18)9-10(13)15-6-16-17(8)9/h5-6,18H,1-4,12H2,(H,14,19)(H2,13,15,16). The number of nitrogens with one attached hydrogen (secondary N) is 1. The summed E-state index contributed by atoms with van der Waals surface area (Å²) in [6.07, 6.45) is 2.76. The minimum absolute atomic E-state index is 0.130. The van der Waals surface area contributed by atoms with Gasteiger partial charge in [0, 0.05) is 13.2 Å². The molecule has 2 aromatic rings. The average Bonchev–Trinajstić information content (AvgIpc) is 2.74. The Hall–Kier alpha value is -2.09. The maximum atomic E-state index is 12.1. The number of aliphatic hydroxyl groups excluding tert-OH is 1. The zero-order chi connectivity index (χ0) is 13.8. The zero-order valence-electron chi connectivity index (χ0n) is 10.8. The first-order valence-corrected chi connectivity index (χ1v) is 6.13. The summed E-state index contributed by atoms with van der Waals surface area (Å²) in [6.45, 7) is 0.647. The van der Waals surface area contributed by atoms with Gasteiger partial charge in [-0.15, -0.1) is 0 Å². The molecular weight excluding hydrogens is 245 g/mol. The molecule has 0 aliphatic rings. The summed E-state index contributed by atoms with van der Waals surface area (Å²) in [6, 6.07) is 1.74. The maximum Gasteiger partial charge on any atom is 0.253 e. The first-order chi connectivity index (χ1) is 9.15. The smallest absolute Gasteiger partial charge is 0.253 e. The molecule has 0 radical (unpaired) electrons. The second-order valence-electron chi connectivity index (χ2n) is 4.29. The predicted molar refractivity (Wildman–Crippen MR) is 74.2 cm³/mol. The van der Waals surface area contributed by atoms with Crippen molar-refractivity contribution >= 4 is 30.7 Å². The molecule has 100 valence electrons. The lowest BCUT2D eigenvalue weighted by atomic mass is 10.0. The third-order valence-electron chi connectivity index (χ3n) is 2.88. The topological polar surface area (TPSA) is 106 Å². The number of carbonyl (C=O) groups is 1. The van der Waals surface area contributed by atoms with Gasteiger partial charge in [0.2, 0.25) is 0 Å². The van der Waals surface area contributed by atoms with E-state index in [0.29, 0.717) is 24.0 Å². The third kappa shape index (κ3) is 2.68.